The summed E-state index contributed by atoms with van der Waals surface area (Å²) in [6.45, 7) is 4.80. The van der Waals surface area contributed by atoms with Crippen molar-refractivity contribution in [3.05, 3.63) is 29.8 Å². The van der Waals surface area contributed by atoms with Gasteiger partial charge in [-0.2, -0.15) is 0 Å². The van der Waals surface area contributed by atoms with E-state index in [0.717, 1.165) is 38.1 Å². The lowest BCUT2D eigenvalue weighted by Gasteiger charge is -2.40. The van der Waals surface area contributed by atoms with E-state index in [1.54, 1.807) is 0 Å². The second-order valence-electron chi connectivity index (χ2n) is 7.58. The summed E-state index contributed by atoms with van der Waals surface area (Å²) in [4.78, 5) is 17.2. The van der Waals surface area contributed by atoms with Gasteiger partial charge in [-0.1, -0.05) is 24.6 Å². The SMILES string of the molecule is O=C(N[C@@H]1COc2ccccc2C1)N1CCC(N2CCCCC2)CC1. The highest BCUT2D eigenvalue weighted by Crippen LogP contribution is 2.24. The molecule has 1 atom stereocenters. The average Bonchev–Trinajstić information content (AvgIpc) is 2.69. The summed E-state index contributed by atoms with van der Waals surface area (Å²) in [5, 5.41) is 3.17. The number of piperidine rings is 2. The van der Waals surface area contributed by atoms with Gasteiger partial charge in [-0.25, -0.2) is 4.79 Å². The van der Waals surface area contributed by atoms with Crippen LogP contribution in [-0.2, 0) is 6.42 Å². The molecule has 2 fully saturated rings. The van der Waals surface area contributed by atoms with Crippen molar-refractivity contribution in [2.75, 3.05) is 32.8 Å². The minimum atomic E-state index is 0.0715. The lowest BCUT2D eigenvalue weighted by Crippen LogP contribution is -2.53. The first-order valence-electron chi connectivity index (χ1n) is 9.80. The van der Waals surface area contributed by atoms with Gasteiger partial charge in [0.2, 0.25) is 0 Å². The van der Waals surface area contributed by atoms with Crippen LogP contribution in [0.3, 0.4) is 0 Å². The third kappa shape index (κ3) is 3.92. The van der Waals surface area contributed by atoms with Crippen LogP contribution in [-0.4, -0.2) is 60.7 Å². The molecule has 0 saturated carbocycles. The second-order valence-corrected chi connectivity index (χ2v) is 7.58. The average molecular weight is 343 g/mol. The van der Waals surface area contributed by atoms with E-state index in [-0.39, 0.29) is 12.1 Å². The largest absolute Gasteiger partial charge is 0.491 e. The van der Waals surface area contributed by atoms with Crippen molar-refractivity contribution in [1.82, 2.24) is 15.1 Å². The van der Waals surface area contributed by atoms with E-state index in [2.05, 4.69) is 16.3 Å². The molecule has 1 N–H and O–H groups in total. The highest BCUT2D eigenvalue weighted by molar-refractivity contribution is 5.74. The monoisotopic (exact) mass is 343 g/mol. The number of carbonyl (C=O) groups excluding carboxylic acids is 1. The van der Waals surface area contributed by atoms with Crippen LogP contribution in [0.1, 0.15) is 37.7 Å². The maximum absolute atomic E-state index is 12.6. The predicted molar refractivity (Wildman–Crippen MR) is 98.0 cm³/mol. The number of nitrogens with zero attached hydrogens (tertiary/aromatic N) is 2. The van der Waals surface area contributed by atoms with Crippen molar-refractivity contribution in [2.45, 2.75) is 50.6 Å². The maximum atomic E-state index is 12.6. The van der Waals surface area contributed by atoms with E-state index in [4.69, 9.17) is 4.74 Å². The fourth-order valence-corrected chi connectivity index (χ4v) is 4.40. The number of para-hydroxylation sites is 1. The molecule has 0 unspecified atom stereocenters. The van der Waals surface area contributed by atoms with Gasteiger partial charge in [0.05, 0.1) is 6.04 Å². The van der Waals surface area contributed by atoms with E-state index in [1.165, 1.54) is 37.9 Å². The van der Waals surface area contributed by atoms with Crippen molar-refractivity contribution in [3.8, 4) is 5.75 Å². The Labute approximate surface area is 150 Å². The Morgan fingerprint density at radius 1 is 1.04 bits per heavy atom. The first-order valence-corrected chi connectivity index (χ1v) is 9.80. The van der Waals surface area contributed by atoms with Crippen LogP contribution in [0.4, 0.5) is 4.79 Å². The highest BCUT2D eigenvalue weighted by Gasteiger charge is 2.29. The smallest absolute Gasteiger partial charge is 0.317 e. The maximum Gasteiger partial charge on any atom is 0.317 e. The molecule has 5 nitrogen and oxygen atoms in total. The molecule has 25 heavy (non-hydrogen) atoms. The number of rotatable bonds is 2. The minimum Gasteiger partial charge on any atom is -0.491 e. The standard InChI is InChI=1S/C20H29N3O2/c24-20(21-17-14-16-6-2-3-7-19(16)25-15-17)23-12-8-18(9-13-23)22-10-4-1-5-11-22/h2-3,6-7,17-18H,1,4-5,8-15H2,(H,21,24)/t17-/m0/s1. The zero-order chi connectivity index (χ0) is 17.1. The van der Waals surface area contributed by atoms with Crippen LogP contribution in [0, 0.1) is 0 Å². The summed E-state index contributed by atoms with van der Waals surface area (Å²) in [7, 11) is 0. The van der Waals surface area contributed by atoms with Crippen molar-refractivity contribution in [3.63, 3.8) is 0 Å². The molecule has 0 radical (unpaired) electrons. The predicted octanol–water partition coefficient (Wildman–Crippen LogP) is 2.65. The molecule has 0 aromatic heterocycles. The van der Waals surface area contributed by atoms with Crippen LogP contribution in [0.15, 0.2) is 24.3 Å². The van der Waals surface area contributed by atoms with Gasteiger partial charge in [0.25, 0.3) is 0 Å². The molecule has 3 heterocycles. The number of ether oxygens (including phenoxy) is 1. The fourth-order valence-electron chi connectivity index (χ4n) is 4.40. The molecular formula is C20H29N3O2. The van der Waals surface area contributed by atoms with E-state index >= 15 is 0 Å². The zero-order valence-electron chi connectivity index (χ0n) is 15.0. The Morgan fingerprint density at radius 3 is 2.60 bits per heavy atom. The third-order valence-corrected chi connectivity index (χ3v) is 5.87. The first kappa shape index (κ1) is 16.7. The van der Waals surface area contributed by atoms with Crippen molar-refractivity contribution in [2.24, 2.45) is 0 Å². The summed E-state index contributed by atoms with van der Waals surface area (Å²) in [6.07, 6.45) is 7.12. The Bertz CT molecular complexity index is 592. The number of fused-ring (bicyclic) bond motifs is 1. The molecule has 2 amide bonds. The Kier molecular flexibility index (Phi) is 5.11. The van der Waals surface area contributed by atoms with Crippen molar-refractivity contribution in [1.29, 1.82) is 0 Å². The summed E-state index contributed by atoms with van der Waals surface area (Å²) < 4.78 is 5.78. The lowest BCUT2D eigenvalue weighted by molar-refractivity contribution is 0.0993. The van der Waals surface area contributed by atoms with Crippen LogP contribution >= 0.6 is 0 Å². The second kappa shape index (κ2) is 7.65. The number of carbonyl (C=O) groups is 1. The number of nitrogens with one attached hydrogen (secondary N) is 1. The molecule has 4 rings (SSSR count). The first-order chi connectivity index (χ1) is 12.3. The quantitative estimate of drug-likeness (QED) is 0.898. The molecule has 0 bridgehead atoms. The van der Waals surface area contributed by atoms with Gasteiger partial charge in [0.1, 0.15) is 12.4 Å². The normalized spacial score (nSPS) is 25.1. The topological polar surface area (TPSA) is 44.8 Å². The van der Waals surface area contributed by atoms with Gasteiger partial charge in [0, 0.05) is 19.1 Å². The molecule has 136 valence electrons. The molecule has 2 saturated heterocycles. The van der Waals surface area contributed by atoms with E-state index < -0.39 is 0 Å². The van der Waals surface area contributed by atoms with Gasteiger partial charge >= 0.3 is 6.03 Å². The summed E-state index contributed by atoms with van der Waals surface area (Å²) >= 11 is 0. The van der Waals surface area contributed by atoms with Crippen LogP contribution in [0.25, 0.3) is 0 Å². The van der Waals surface area contributed by atoms with Crippen LogP contribution < -0.4 is 10.1 Å². The van der Waals surface area contributed by atoms with E-state index in [9.17, 15) is 4.79 Å². The van der Waals surface area contributed by atoms with Gasteiger partial charge < -0.3 is 19.9 Å². The molecule has 0 aliphatic carbocycles. The molecule has 0 spiro atoms. The highest BCUT2D eigenvalue weighted by atomic mass is 16.5. The molecule has 1 aromatic carbocycles. The fraction of sp³-hybridized carbons (Fsp3) is 0.650. The van der Waals surface area contributed by atoms with Crippen LogP contribution in [0.5, 0.6) is 5.75 Å². The van der Waals surface area contributed by atoms with Gasteiger partial charge in [-0.15, -0.1) is 0 Å². The van der Waals surface area contributed by atoms with Gasteiger partial charge in [-0.05, 0) is 56.8 Å². The van der Waals surface area contributed by atoms with E-state index in [0.29, 0.717) is 12.6 Å². The van der Waals surface area contributed by atoms with Crippen LogP contribution in [0.2, 0.25) is 0 Å². The summed E-state index contributed by atoms with van der Waals surface area (Å²) in [5.41, 5.74) is 1.18. The molecule has 3 aliphatic heterocycles. The van der Waals surface area contributed by atoms with Crippen molar-refractivity contribution >= 4 is 6.03 Å². The Morgan fingerprint density at radius 2 is 1.80 bits per heavy atom. The number of likely N-dealkylation sites (tertiary alicyclic amines) is 2. The number of hydrogen-bond acceptors (Lipinski definition) is 3. The zero-order valence-corrected chi connectivity index (χ0v) is 15.0. The van der Waals surface area contributed by atoms with Crippen molar-refractivity contribution < 1.29 is 9.53 Å². The van der Waals surface area contributed by atoms with E-state index in [1.807, 2.05) is 23.1 Å². The summed E-state index contributed by atoms with van der Waals surface area (Å²) in [5.74, 6) is 0.954. The summed E-state index contributed by atoms with van der Waals surface area (Å²) in [6, 6.07) is 8.92. The number of urea groups is 1. The molecule has 1 aromatic rings. The Hall–Kier alpha value is -1.75. The van der Waals surface area contributed by atoms with Gasteiger partial charge in [-0.3, -0.25) is 0 Å². The molecular weight excluding hydrogens is 314 g/mol. The molecule has 5 heteroatoms. The van der Waals surface area contributed by atoms with Gasteiger partial charge in [0.15, 0.2) is 0 Å². The molecule has 3 aliphatic rings. The number of benzene rings is 1. The lowest BCUT2D eigenvalue weighted by atomic mass is 10.00. The number of amides is 2. The third-order valence-electron chi connectivity index (χ3n) is 5.87. The number of hydrogen-bond donors (Lipinski definition) is 1. The minimum absolute atomic E-state index is 0.0715. The Balaban J connectivity index is 1.25.